The van der Waals surface area contributed by atoms with E-state index in [9.17, 15) is 10.1 Å². The number of nitro groups is 1. The summed E-state index contributed by atoms with van der Waals surface area (Å²) in [4.78, 5) is 18.7. The van der Waals surface area contributed by atoms with Gasteiger partial charge in [0.25, 0.3) is 5.69 Å². The van der Waals surface area contributed by atoms with Gasteiger partial charge in [-0.3, -0.25) is 10.1 Å². The molecule has 0 spiro atoms. The lowest BCUT2D eigenvalue weighted by molar-refractivity contribution is -0.384. The molecule has 0 fully saturated rings. The molecule has 4 aromatic rings. The van der Waals surface area contributed by atoms with Gasteiger partial charge in [-0.25, -0.2) is 9.67 Å². The first-order valence-corrected chi connectivity index (χ1v) is 13.2. The van der Waals surface area contributed by atoms with Crippen LogP contribution in [-0.4, -0.2) is 22.9 Å². The van der Waals surface area contributed by atoms with Gasteiger partial charge in [0, 0.05) is 53.1 Å². The first-order chi connectivity index (χ1) is 18.2. The third-order valence-corrected chi connectivity index (χ3v) is 7.88. The number of nitro benzene ring substituents is 1. The van der Waals surface area contributed by atoms with Gasteiger partial charge in [-0.1, -0.05) is 50.2 Å². The third-order valence-electron chi connectivity index (χ3n) is 7.06. The molecule has 0 saturated carbocycles. The predicted octanol–water partition coefficient (Wildman–Crippen LogP) is 7.12. The van der Waals surface area contributed by atoms with E-state index in [4.69, 9.17) is 10.1 Å². The van der Waals surface area contributed by atoms with Crippen molar-refractivity contribution in [2.45, 2.75) is 33.1 Å². The number of nitrogens with zero attached hydrogens (tertiary/aromatic N) is 5. The van der Waals surface area contributed by atoms with Crippen molar-refractivity contribution in [1.29, 1.82) is 0 Å². The molecule has 7 nitrogen and oxygen atoms in total. The number of para-hydroxylation sites is 2. The molecule has 0 bridgehead atoms. The van der Waals surface area contributed by atoms with Crippen molar-refractivity contribution in [3.05, 3.63) is 115 Å². The number of likely N-dealkylation sites (N-methyl/N-ethyl adjacent to an activating group) is 1. The second-order valence-corrected chi connectivity index (χ2v) is 10.7. The summed E-state index contributed by atoms with van der Waals surface area (Å²) in [6.45, 7) is 8.53. The summed E-state index contributed by atoms with van der Waals surface area (Å²) in [6.07, 6.45) is 3.86. The van der Waals surface area contributed by atoms with E-state index >= 15 is 0 Å². The highest BCUT2D eigenvalue weighted by Gasteiger charge is 2.37. The van der Waals surface area contributed by atoms with E-state index < -0.39 is 4.92 Å². The summed E-state index contributed by atoms with van der Waals surface area (Å²) < 4.78 is 1.81. The second kappa shape index (κ2) is 9.87. The molecule has 0 atom stereocenters. The molecular formula is C30H29N5O2S. The van der Waals surface area contributed by atoms with Crippen LogP contribution in [0.25, 0.3) is 11.3 Å². The van der Waals surface area contributed by atoms with Crippen molar-refractivity contribution < 1.29 is 4.92 Å². The molecule has 0 saturated heterocycles. The zero-order valence-corrected chi connectivity index (χ0v) is 22.9. The van der Waals surface area contributed by atoms with Gasteiger partial charge in [0.1, 0.15) is 0 Å². The Hall–Kier alpha value is -4.30. The molecule has 38 heavy (non-hydrogen) atoms. The summed E-state index contributed by atoms with van der Waals surface area (Å²) in [7, 11) is 2.08. The third kappa shape index (κ3) is 4.48. The van der Waals surface area contributed by atoms with Crippen molar-refractivity contribution in [2.24, 2.45) is 10.1 Å². The number of allylic oxidation sites excluding steroid dienone is 2. The van der Waals surface area contributed by atoms with E-state index in [0.717, 1.165) is 33.8 Å². The summed E-state index contributed by atoms with van der Waals surface area (Å²) in [6, 6.07) is 21.1. The number of aromatic nitrogens is 1. The molecule has 8 heteroatoms. The zero-order chi connectivity index (χ0) is 27.0. The van der Waals surface area contributed by atoms with Gasteiger partial charge in [-0.15, -0.1) is 11.3 Å². The number of rotatable bonds is 5. The van der Waals surface area contributed by atoms with Crippen molar-refractivity contribution in [2.75, 3.05) is 11.9 Å². The highest BCUT2D eigenvalue weighted by Crippen LogP contribution is 2.46. The van der Waals surface area contributed by atoms with Crippen LogP contribution in [0.15, 0.2) is 94.0 Å². The van der Waals surface area contributed by atoms with Crippen LogP contribution in [-0.2, 0) is 5.41 Å². The van der Waals surface area contributed by atoms with Crippen LogP contribution in [0.1, 0.15) is 30.5 Å². The number of fused-ring (bicyclic) bond motifs is 1. The van der Waals surface area contributed by atoms with Gasteiger partial charge < -0.3 is 4.90 Å². The van der Waals surface area contributed by atoms with Crippen LogP contribution in [0.4, 0.5) is 17.1 Å². The summed E-state index contributed by atoms with van der Waals surface area (Å²) >= 11 is 1.48. The van der Waals surface area contributed by atoms with Gasteiger partial charge in [0.2, 0.25) is 4.80 Å². The lowest BCUT2D eigenvalue weighted by atomic mass is 9.84. The molecule has 192 valence electrons. The van der Waals surface area contributed by atoms with Gasteiger partial charge in [-0.2, -0.15) is 5.10 Å². The fourth-order valence-electron chi connectivity index (χ4n) is 4.99. The molecule has 0 amide bonds. The van der Waals surface area contributed by atoms with Crippen molar-refractivity contribution in [3.8, 4) is 11.3 Å². The number of aryl methyl sites for hydroxylation is 2. The molecule has 2 heterocycles. The Balaban J connectivity index is 1.62. The molecular weight excluding hydrogens is 494 g/mol. The normalized spacial score (nSPS) is 16.0. The lowest BCUT2D eigenvalue weighted by Gasteiger charge is -2.23. The van der Waals surface area contributed by atoms with Gasteiger partial charge >= 0.3 is 0 Å². The summed E-state index contributed by atoms with van der Waals surface area (Å²) in [5.74, 6) is 0. The highest BCUT2D eigenvalue weighted by atomic mass is 32.1. The van der Waals surface area contributed by atoms with Crippen molar-refractivity contribution in [1.82, 2.24) is 4.68 Å². The van der Waals surface area contributed by atoms with Gasteiger partial charge in [0.15, 0.2) is 0 Å². The Bertz CT molecular complexity index is 1640. The Morgan fingerprint density at radius 1 is 0.974 bits per heavy atom. The second-order valence-electron chi connectivity index (χ2n) is 9.89. The average Bonchev–Trinajstić information content (AvgIpc) is 3.38. The SMILES string of the molecule is Cc1cccc(C)c1N=c1scc(-c2ccc([N+](=O)[O-])cc2)n1N=CC=C1N(C)c2ccccc2C1(C)C. The summed E-state index contributed by atoms with van der Waals surface area (Å²) in [5.41, 5.74) is 8.22. The maximum absolute atomic E-state index is 11.2. The van der Waals surface area contributed by atoms with Crippen LogP contribution in [0.3, 0.4) is 0 Å². The molecule has 1 aliphatic rings. The number of hydrogen-bond donors (Lipinski definition) is 0. The molecule has 0 aliphatic carbocycles. The summed E-state index contributed by atoms with van der Waals surface area (Å²) in [5, 5.41) is 18.0. The average molecular weight is 524 g/mol. The van der Waals surface area contributed by atoms with E-state index in [1.165, 1.54) is 34.7 Å². The molecule has 0 N–H and O–H groups in total. The smallest absolute Gasteiger partial charge is 0.269 e. The Morgan fingerprint density at radius 2 is 1.66 bits per heavy atom. The predicted molar refractivity (Wildman–Crippen MR) is 155 cm³/mol. The topological polar surface area (TPSA) is 76.0 Å². The number of anilines is 1. The van der Waals surface area contributed by atoms with Crippen LogP contribution in [0, 0.1) is 24.0 Å². The highest BCUT2D eigenvalue weighted by molar-refractivity contribution is 7.07. The maximum Gasteiger partial charge on any atom is 0.269 e. The van der Waals surface area contributed by atoms with Crippen molar-refractivity contribution in [3.63, 3.8) is 0 Å². The fraction of sp³-hybridized carbons (Fsp3) is 0.200. The number of hydrogen-bond acceptors (Lipinski definition) is 6. The molecule has 3 aromatic carbocycles. The first kappa shape index (κ1) is 25.4. The molecule has 1 aromatic heterocycles. The Morgan fingerprint density at radius 3 is 2.32 bits per heavy atom. The first-order valence-electron chi connectivity index (χ1n) is 12.3. The molecule has 0 radical (unpaired) electrons. The molecule has 5 rings (SSSR count). The van der Waals surface area contributed by atoms with Gasteiger partial charge in [0.05, 0.1) is 16.3 Å². The zero-order valence-electron chi connectivity index (χ0n) is 22.0. The number of non-ortho nitro benzene ring substituents is 1. The number of benzene rings is 3. The van der Waals surface area contributed by atoms with E-state index in [-0.39, 0.29) is 11.1 Å². The fourth-order valence-corrected chi connectivity index (χ4v) is 5.83. The van der Waals surface area contributed by atoms with Crippen molar-refractivity contribution >= 4 is 34.6 Å². The van der Waals surface area contributed by atoms with Crippen LogP contribution in [0.5, 0.6) is 0 Å². The molecule has 0 unspecified atom stereocenters. The minimum Gasteiger partial charge on any atom is -0.347 e. The van der Waals surface area contributed by atoms with E-state index in [0.29, 0.717) is 4.80 Å². The van der Waals surface area contributed by atoms with Gasteiger partial charge in [-0.05, 0) is 54.8 Å². The minimum absolute atomic E-state index is 0.0512. The maximum atomic E-state index is 11.2. The Labute approximate surface area is 225 Å². The van der Waals surface area contributed by atoms with E-state index in [1.54, 1.807) is 12.1 Å². The van der Waals surface area contributed by atoms with E-state index in [2.05, 4.69) is 50.1 Å². The molecule has 1 aliphatic heterocycles. The quantitative estimate of drug-likeness (QED) is 0.159. The van der Waals surface area contributed by atoms with Crippen LogP contribution < -0.4 is 9.70 Å². The number of thiazole rings is 1. The Kier molecular flexibility index (Phi) is 6.59. The lowest BCUT2D eigenvalue weighted by Crippen LogP contribution is -2.23. The minimum atomic E-state index is -0.393. The standard InChI is InChI=1S/C30H29N5O2S/c1-20-9-8-10-21(2)28(20)32-29-34(26(19-38-29)22-13-15-23(16-14-22)35(36)37)31-18-17-27-30(3,4)24-11-6-7-12-25(24)33(27)5/h6-19H,1-5H3. The van der Waals surface area contributed by atoms with E-state index in [1.807, 2.05) is 54.4 Å². The monoisotopic (exact) mass is 523 g/mol. The van der Waals surface area contributed by atoms with Crippen LogP contribution >= 0.6 is 11.3 Å². The largest absolute Gasteiger partial charge is 0.347 e. The van der Waals surface area contributed by atoms with Crippen LogP contribution in [0.2, 0.25) is 0 Å².